The van der Waals surface area contributed by atoms with Crippen LogP contribution >= 0.6 is 0 Å². The number of benzene rings is 4. The largest absolute Gasteiger partial charge is 0.490 e. The fourth-order valence-electron chi connectivity index (χ4n) is 5.14. The zero-order valence-electron chi connectivity index (χ0n) is 24.1. The van der Waals surface area contributed by atoms with Gasteiger partial charge in [-0.3, -0.25) is 10.1 Å². The third-order valence-corrected chi connectivity index (χ3v) is 7.16. The zero-order chi connectivity index (χ0) is 28.7. The van der Waals surface area contributed by atoms with Crippen molar-refractivity contribution in [2.75, 3.05) is 6.61 Å². The van der Waals surface area contributed by atoms with Gasteiger partial charge in [0.15, 0.2) is 0 Å². The Balaban J connectivity index is 1.60. The van der Waals surface area contributed by atoms with Gasteiger partial charge in [-0.1, -0.05) is 107 Å². The summed E-state index contributed by atoms with van der Waals surface area (Å²) in [6.45, 7) is 11.4. The zero-order valence-corrected chi connectivity index (χ0v) is 24.1. The predicted octanol–water partition coefficient (Wildman–Crippen LogP) is 9.70. The van der Waals surface area contributed by atoms with Crippen LogP contribution in [0.4, 0.5) is 5.69 Å². The van der Waals surface area contributed by atoms with E-state index >= 15 is 0 Å². The van der Waals surface area contributed by atoms with E-state index in [-0.39, 0.29) is 22.1 Å². The molecule has 2 atom stereocenters. The third-order valence-electron chi connectivity index (χ3n) is 7.16. The molecule has 4 rings (SSSR count). The summed E-state index contributed by atoms with van der Waals surface area (Å²) in [7, 11) is 0. The molecule has 0 spiro atoms. The molecule has 0 aliphatic heterocycles. The van der Waals surface area contributed by atoms with Crippen LogP contribution in [0.15, 0.2) is 97.1 Å². The van der Waals surface area contributed by atoms with E-state index < -0.39 is 0 Å². The number of nitrogens with zero attached hydrogens (tertiary/aromatic N) is 1. The molecule has 0 radical (unpaired) electrons. The van der Waals surface area contributed by atoms with Crippen LogP contribution < -0.4 is 9.47 Å². The summed E-state index contributed by atoms with van der Waals surface area (Å²) >= 11 is 0. The average Bonchev–Trinajstić information content (AvgIpc) is 2.95. The second-order valence-electron chi connectivity index (χ2n) is 11.4. The summed E-state index contributed by atoms with van der Waals surface area (Å²) in [5, 5.41) is 11.9. The molecular formula is C35H39NO4. The van der Waals surface area contributed by atoms with E-state index in [0.29, 0.717) is 29.4 Å². The Labute approximate surface area is 237 Å². The Hall–Kier alpha value is -4.12. The molecular weight excluding hydrogens is 498 g/mol. The Morgan fingerprint density at radius 2 is 1.35 bits per heavy atom. The van der Waals surface area contributed by atoms with Gasteiger partial charge in [0, 0.05) is 23.3 Å². The molecule has 2 unspecified atom stereocenters. The van der Waals surface area contributed by atoms with Crippen LogP contribution in [0.1, 0.15) is 58.9 Å². The van der Waals surface area contributed by atoms with E-state index in [1.807, 2.05) is 79.7 Å². The number of nitro benzene ring substituents is 1. The van der Waals surface area contributed by atoms with Crippen molar-refractivity contribution in [3.8, 4) is 33.8 Å². The fraction of sp³-hybridized carbons (Fsp3) is 0.314. The van der Waals surface area contributed by atoms with Gasteiger partial charge in [0.2, 0.25) is 0 Å². The summed E-state index contributed by atoms with van der Waals surface area (Å²) in [5.74, 6) is 1.88. The van der Waals surface area contributed by atoms with E-state index in [0.717, 1.165) is 29.7 Å². The topological polar surface area (TPSA) is 61.6 Å². The van der Waals surface area contributed by atoms with Crippen LogP contribution in [0, 0.1) is 15.5 Å². The fourth-order valence-corrected chi connectivity index (χ4v) is 5.14. The molecule has 0 aliphatic rings. The van der Waals surface area contributed by atoms with Crippen molar-refractivity contribution in [3.05, 3.63) is 113 Å². The van der Waals surface area contributed by atoms with Crippen molar-refractivity contribution in [1.29, 1.82) is 0 Å². The molecule has 40 heavy (non-hydrogen) atoms. The minimum Gasteiger partial charge on any atom is -0.490 e. The number of hydrogen-bond acceptors (Lipinski definition) is 4. The van der Waals surface area contributed by atoms with Crippen molar-refractivity contribution in [2.24, 2.45) is 5.41 Å². The maximum absolute atomic E-state index is 11.9. The summed E-state index contributed by atoms with van der Waals surface area (Å²) < 4.78 is 12.7. The van der Waals surface area contributed by atoms with Crippen LogP contribution in [0.2, 0.25) is 0 Å². The van der Waals surface area contributed by atoms with Crippen molar-refractivity contribution in [1.82, 2.24) is 0 Å². The molecule has 0 saturated carbocycles. The van der Waals surface area contributed by atoms with Gasteiger partial charge in [-0.25, -0.2) is 0 Å². The second-order valence-corrected chi connectivity index (χ2v) is 11.4. The Morgan fingerprint density at radius 3 is 1.80 bits per heavy atom. The van der Waals surface area contributed by atoms with Crippen molar-refractivity contribution < 1.29 is 14.4 Å². The number of rotatable bonds is 11. The number of non-ortho nitro benzene ring substituents is 1. The summed E-state index contributed by atoms with van der Waals surface area (Å²) in [6, 6.07) is 30.9. The normalized spacial score (nSPS) is 12.9. The Bertz CT molecular complexity index is 1330. The lowest BCUT2D eigenvalue weighted by Gasteiger charge is -2.31. The van der Waals surface area contributed by atoms with Gasteiger partial charge in [-0.2, -0.15) is 0 Å². The molecule has 0 bridgehead atoms. The highest BCUT2D eigenvalue weighted by Crippen LogP contribution is 2.43. The highest BCUT2D eigenvalue weighted by Gasteiger charge is 2.25. The maximum Gasteiger partial charge on any atom is 0.270 e. The molecule has 0 saturated heterocycles. The molecule has 5 heteroatoms. The lowest BCUT2D eigenvalue weighted by molar-refractivity contribution is -0.384. The predicted molar refractivity (Wildman–Crippen MR) is 163 cm³/mol. The molecule has 0 heterocycles. The standard InChI is InChI=1S/C35H39NO4/c1-6-13-33(35(3,4)5)28-18-20-30(21-19-28)39-24-25(2)40-34-31(26-14-9-7-10-15-26)22-29(36(37)38)23-32(34)27-16-11-8-12-17-27/h7-12,14-23,25,33H,6,13,24H2,1-5H3. The molecule has 0 N–H and O–H groups in total. The average molecular weight is 538 g/mol. The van der Waals surface area contributed by atoms with Gasteiger partial charge >= 0.3 is 0 Å². The van der Waals surface area contributed by atoms with Gasteiger partial charge in [0.1, 0.15) is 24.2 Å². The van der Waals surface area contributed by atoms with Crippen LogP contribution in [-0.4, -0.2) is 17.6 Å². The SMILES string of the molecule is CCCC(c1ccc(OCC(C)Oc2c(-c3ccccc3)cc([N+](=O)[O-])cc2-c2ccccc2)cc1)C(C)(C)C. The third kappa shape index (κ3) is 7.09. The molecule has 0 fully saturated rings. The number of ether oxygens (including phenoxy) is 2. The van der Waals surface area contributed by atoms with E-state index in [2.05, 4.69) is 39.8 Å². The van der Waals surface area contributed by atoms with E-state index in [4.69, 9.17) is 9.47 Å². The monoisotopic (exact) mass is 537 g/mol. The Kier molecular flexibility index (Phi) is 9.26. The highest BCUT2D eigenvalue weighted by molar-refractivity contribution is 5.85. The van der Waals surface area contributed by atoms with E-state index in [1.165, 1.54) is 5.56 Å². The van der Waals surface area contributed by atoms with Gasteiger partial charge < -0.3 is 9.47 Å². The van der Waals surface area contributed by atoms with Crippen molar-refractivity contribution in [3.63, 3.8) is 0 Å². The first-order chi connectivity index (χ1) is 19.2. The highest BCUT2D eigenvalue weighted by atomic mass is 16.6. The van der Waals surface area contributed by atoms with Crippen LogP contribution in [0.5, 0.6) is 11.5 Å². The van der Waals surface area contributed by atoms with Crippen LogP contribution in [0.25, 0.3) is 22.3 Å². The maximum atomic E-state index is 11.9. The van der Waals surface area contributed by atoms with Gasteiger partial charge in [0.25, 0.3) is 5.69 Å². The van der Waals surface area contributed by atoms with Gasteiger partial charge in [-0.05, 0) is 53.5 Å². The van der Waals surface area contributed by atoms with Gasteiger partial charge in [0.05, 0.1) is 4.92 Å². The van der Waals surface area contributed by atoms with Crippen LogP contribution in [0.3, 0.4) is 0 Å². The molecule has 4 aromatic carbocycles. The van der Waals surface area contributed by atoms with Crippen molar-refractivity contribution in [2.45, 2.75) is 59.5 Å². The lowest BCUT2D eigenvalue weighted by Crippen LogP contribution is -2.22. The van der Waals surface area contributed by atoms with E-state index in [9.17, 15) is 10.1 Å². The number of hydrogen-bond donors (Lipinski definition) is 0. The Morgan fingerprint density at radius 1 is 0.825 bits per heavy atom. The first kappa shape index (κ1) is 28.9. The number of nitro groups is 1. The summed E-state index contributed by atoms with van der Waals surface area (Å²) in [5.41, 5.74) is 4.59. The molecule has 0 aliphatic carbocycles. The quantitative estimate of drug-likeness (QED) is 0.141. The summed E-state index contributed by atoms with van der Waals surface area (Å²) in [4.78, 5) is 11.5. The minimum absolute atomic E-state index is 0.0192. The molecule has 0 aromatic heterocycles. The first-order valence-corrected chi connectivity index (χ1v) is 14.0. The summed E-state index contributed by atoms with van der Waals surface area (Å²) in [6.07, 6.45) is 1.98. The first-order valence-electron chi connectivity index (χ1n) is 14.0. The van der Waals surface area contributed by atoms with E-state index in [1.54, 1.807) is 12.1 Å². The van der Waals surface area contributed by atoms with Gasteiger partial charge in [-0.15, -0.1) is 0 Å². The second kappa shape index (κ2) is 12.8. The lowest BCUT2D eigenvalue weighted by atomic mass is 9.74. The molecule has 4 aromatic rings. The molecule has 0 amide bonds. The van der Waals surface area contributed by atoms with Crippen LogP contribution in [-0.2, 0) is 0 Å². The molecule has 208 valence electrons. The molecule has 5 nitrogen and oxygen atoms in total. The smallest absolute Gasteiger partial charge is 0.270 e. The van der Waals surface area contributed by atoms with Crippen molar-refractivity contribution >= 4 is 5.69 Å². The minimum atomic E-state index is -0.358.